The van der Waals surface area contributed by atoms with Crippen molar-refractivity contribution in [2.45, 2.75) is 25.7 Å². The minimum absolute atomic E-state index is 0.0524. The van der Waals surface area contributed by atoms with Crippen LogP contribution in [-0.4, -0.2) is 37.3 Å². The average Bonchev–Trinajstić information content (AvgIpc) is 2.67. The molecule has 0 aliphatic heterocycles. The quantitative estimate of drug-likeness (QED) is 0.512. The largest absolute Gasteiger partial charge is 0.396 e. The van der Waals surface area contributed by atoms with Gasteiger partial charge in [-0.25, -0.2) is 0 Å². The Kier molecular flexibility index (Phi) is 7.99. The number of aliphatic imine (C=N–C) groups is 1. The van der Waals surface area contributed by atoms with Crippen molar-refractivity contribution in [3.8, 4) is 0 Å². The predicted octanol–water partition coefficient (Wildman–Crippen LogP) is 3.12. The minimum atomic E-state index is 0.0524. The highest BCUT2D eigenvalue weighted by molar-refractivity contribution is 5.79. The van der Waals surface area contributed by atoms with Crippen LogP contribution in [0.4, 0.5) is 0 Å². The number of hydrogen-bond acceptors (Lipinski definition) is 2. The van der Waals surface area contributed by atoms with Crippen LogP contribution in [0.15, 0.2) is 65.7 Å². The van der Waals surface area contributed by atoms with E-state index >= 15 is 0 Å². The fraction of sp³-hybridized carbons (Fsp3) is 0.381. The van der Waals surface area contributed by atoms with Crippen molar-refractivity contribution in [2.24, 2.45) is 4.99 Å². The van der Waals surface area contributed by atoms with E-state index in [0.717, 1.165) is 18.1 Å². The van der Waals surface area contributed by atoms with Crippen LogP contribution in [0.2, 0.25) is 0 Å². The molecule has 4 heteroatoms. The minimum Gasteiger partial charge on any atom is -0.396 e. The first-order valence-corrected chi connectivity index (χ1v) is 8.97. The zero-order valence-electron chi connectivity index (χ0n) is 15.2. The lowest BCUT2D eigenvalue weighted by Gasteiger charge is -2.18. The third-order valence-electron chi connectivity index (χ3n) is 4.24. The molecule has 2 aromatic carbocycles. The summed E-state index contributed by atoms with van der Waals surface area (Å²) in [6.45, 7) is 6.51. The maximum absolute atomic E-state index is 9.69. The van der Waals surface area contributed by atoms with Gasteiger partial charge in [-0.15, -0.1) is 0 Å². The van der Waals surface area contributed by atoms with Gasteiger partial charge in [0.15, 0.2) is 5.96 Å². The van der Waals surface area contributed by atoms with Gasteiger partial charge >= 0.3 is 0 Å². The number of guanidine groups is 1. The van der Waals surface area contributed by atoms with Crippen LogP contribution in [0.5, 0.6) is 0 Å². The van der Waals surface area contributed by atoms with Crippen LogP contribution in [0, 0.1) is 0 Å². The molecule has 2 rings (SSSR count). The maximum Gasteiger partial charge on any atom is 0.191 e. The SMILES string of the molecule is CCNC(=NCC(C)c1ccccc1)NCC(CO)c1ccccc1. The lowest BCUT2D eigenvalue weighted by Crippen LogP contribution is -2.40. The molecule has 134 valence electrons. The van der Waals surface area contributed by atoms with Crippen LogP contribution in [0.1, 0.15) is 36.8 Å². The summed E-state index contributed by atoms with van der Waals surface area (Å²) in [5.41, 5.74) is 2.42. The van der Waals surface area contributed by atoms with Crippen molar-refractivity contribution >= 4 is 5.96 Å². The summed E-state index contributed by atoms with van der Waals surface area (Å²) < 4.78 is 0. The Morgan fingerprint density at radius 2 is 1.56 bits per heavy atom. The van der Waals surface area contributed by atoms with E-state index in [1.165, 1.54) is 5.56 Å². The Bertz CT molecular complexity index is 628. The Balaban J connectivity index is 1.95. The van der Waals surface area contributed by atoms with Gasteiger partial charge in [-0.1, -0.05) is 67.6 Å². The monoisotopic (exact) mass is 339 g/mol. The van der Waals surface area contributed by atoms with Gasteiger partial charge in [-0.3, -0.25) is 4.99 Å². The number of rotatable bonds is 8. The maximum atomic E-state index is 9.69. The molecule has 0 saturated carbocycles. The van der Waals surface area contributed by atoms with Crippen molar-refractivity contribution in [2.75, 3.05) is 26.2 Å². The number of nitrogens with one attached hydrogen (secondary N) is 2. The first-order chi connectivity index (χ1) is 12.2. The van der Waals surface area contributed by atoms with Crippen molar-refractivity contribution < 1.29 is 5.11 Å². The fourth-order valence-corrected chi connectivity index (χ4v) is 2.69. The molecule has 4 nitrogen and oxygen atoms in total. The summed E-state index contributed by atoms with van der Waals surface area (Å²) in [6.07, 6.45) is 0. The molecule has 0 saturated heterocycles. The molecule has 0 spiro atoms. The summed E-state index contributed by atoms with van der Waals surface area (Å²) in [5.74, 6) is 1.20. The first kappa shape index (κ1) is 19.0. The fourth-order valence-electron chi connectivity index (χ4n) is 2.69. The number of benzene rings is 2. The highest BCUT2D eigenvalue weighted by Gasteiger charge is 2.11. The lowest BCUT2D eigenvalue weighted by molar-refractivity contribution is 0.265. The van der Waals surface area contributed by atoms with Crippen molar-refractivity contribution in [1.82, 2.24) is 10.6 Å². The summed E-state index contributed by atoms with van der Waals surface area (Å²) in [4.78, 5) is 4.70. The molecule has 2 atom stereocenters. The third kappa shape index (κ3) is 6.24. The van der Waals surface area contributed by atoms with Crippen LogP contribution >= 0.6 is 0 Å². The number of aliphatic hydroxyl groups excluding tert-OH is 1. The van der Waals surface area contributed by atoms with Gasteiger partial charge in [0, 0.05) is 31.5 Å². The molecule has 25 heavy (non-hydrogen) atoms. The Morgan fingerprint density at radius 1 is 0.960 bits per heavy atom. The molecule has 0 amide bonds. The van der Waals surface area contributed by atoms with Crippen LogP contribution < -0.4 is 10.6 Å². The van der Waals surface area contributed by atoms with Crippen LogP contribution in [0.3, 0.4) is 0 Å². The van der Waals surface area contributed by atoms with E-state index in [-0.39, 0.29) is 12.5 Å². The first-order valence-electron chi connectivity index (χ1n) is 8.97. The number of aliphatic hydroxyl groups is 1. The predicted molar refractivity (Wildman–Crippen MR) is 105 cm³/mol. The van der Waals surface area contributed by atoms with Gasteiger partial charge in [0.2, 0.25) is 0 Å². The molecule has 2 unspecified atom stereocenters. The zero-order valence-corrected chi connectivity index (χ0v) is 15.2. The third-order valence-corrected chi connectivity index (χ3v) is 4.24. The van der Waals surface area contributed by atoms with Gasteiger partial charge < -0.3 is 15.7 Å². The second kappa shape index (κ2) is 10.5. The van der Waals surface area contributed by atoms with E-state index in [1.807, 2.05) is 36.4 Å². The van der Waals surface area contributed by atoms with Crippen LogP contribution in [0.25, 0.3) is 0 Å². The Hall–Kier alpha value is -2.33. The highest BCUT2D eigenvalue weighted by atomic mass is 16.3. The lowest BCUT2D eigenvalue weighted by atomic mass is 10.0. The summed E-state index contributed by atoms with van der Waals surface area (Å²) in [5, 5.41) is 16.3. The molecule has 0 aliphatic carbocycles. The molecule has 0 aromatic heterocycles. The second-order valence-corrected chi connectivity index (χ2v) is 6.20. The van der Waals surface area contributed by atoms with Gasteiger partial charge in [0.05, 0.1) is 6.61 Å². The topological polar surface area (TPSA) is 56.7 Å². The van der Waals surface area contributed by atoms with Crippen LogP contribution in [-0.2, 0) is 0 Å². The molecule has 0 aliphatic rings. The van der Waals surface area contributed by atoms with E-state index in [0.29, 0.717) is 19.0 Å². The van der Waals surface area contributed by atoms with Crippen molar-refractivity contribution in [3.05, 3.63) is 71.8 Å². The normalized spacial score (nSPS) is 14.0. The van der Waals surface area contributed by atoms with Gasteiger partial charge in [0.1, 0.15) is 0 Å². The summed E-state index contributed by atoms with van der Waals surface area (Å²) in [7, 11) is 0. The molecule has 0 heterocycles. The van der Waals surface area contributed by atoms with Crippen molar-refractivity contribution in [1.29, 1.82) is 0 Å². The molecule has 2 aromatic rings. The van der Waals surface area contributed by atoms with Crippen molar-refractivity contribution in [3.63, 3.8) is 0 Å². The molecule has 0 bridgehead atoms. The summed E-state index contributed by atoms with van der Waals surface area (Å²) in [6, 6.07) is 20.5. The Morgan fingerprint density at radius 3 is 2.12 bits per heavy atom. The van der Waals surface area contributed by atoms with E-state index in [4.69, 9.17) is 4.99 Å². The number of nitrogens with zero attached hydrogens (tertiary/aromatic N) is 1. The van der Waals surface area contributed by atoms with E-state index in [1.54, 1.807) is 0 Å². The van der Waals surface area contributed by atoms with E-state index < -0.39 is 0 Å². The Labute approximate surface area is 151 Å². The number of hydrogen-bond donors (Lipinski definition) is 3. The molecule has 0 fully saturated rings. The van der Waals surface area contributed by atoms with E-state index in [2.05, 4.69) is 48.7 Å². The highest BCUT2D eigenvalue weighted by Crippen LogP contribution is 2.15. The van der Waals surface area contributed by atoms with Gasteiger partial charge in [0.25, 0.3) is 0 Å². The molecule has 3 N–H and O–H groups in total. The average molecular weight is 339 g/mol. The molecular formula is C21H29N3O. The molecule has 0 radical (unpaired) electrons. The smallest absolute Gasteiger partial charge is 0.191 e. The van der Waals surface area contributed by atoms with Gasteiger partial charge in [-0.2, -0.15) is 0 Å². The van der Waals surface area contributed by atoms with Gasteiger partial charge in [-0.05, 0) is 18.1 Å². The standard InChI is InChI=1S/C21H29N3O/c1-3-22-21(23-14-17(2)18-10-6-4-7-11-18)24-15-20(16-25)19-12-8-5-9-13-19/h4-13,17,20,25H,3,14-16H2,1-2H3,(H2,22,23,24). The van der Waals surface area contributed by atoms with E-state index in [9.17, 15) is 5.11 Å². The zero-order chi connectivity index (χ0) is 17.9. The second-order valence-electron chi connectivity index (χ2n) is 6.20. The molecular weight excluding hydrogens is 310 g/mol. The summed E-state index contributed by atoms with van der Waals surface area (Å²) >= 11 is 0.